The summed E-state index contributed by atoms with van der Waals surface area (Å²) in [5.74, 6) is 0.665. The molecule has 0 fully saturated rings. The Morgan fingerprint density at radius 2 is 2.11 bits per heavy atom. The smallest absolute Gasteiger partial charge is 0.250 e. The van der Waals surface area contributed by atoms with E-state index in [4.69, 9.17) is 0 Å². The van der Waals surface area contributed by atoms with Crippen LogP contribution in [0.1, 0.15) is 32.3 Å². The fourth-order valence-corrected chi connectivity index (χ4v) is 2.62. The topological polar surface area (TPSA) is 96.5 Å². The molecule has 0 aliphatic rings. The summed E-state index contributed by atoms with van der Waals surface area (Å²) in [6.07, 6.45) is 7.05. The van der Waals surface area contributed by atoms with Crippen LogP contribution in [0.4, 0.5) is 0 Å². The van der Waals surface area contributed by atoms with Crippen LogP contribution in [-0.4, -0.2) is 45.0 Å². The lowest BCUT2D eigenvalue weighted by Crippen LogP contribution is -2.39. The third-order valence-electron chi connectivity index (χ3n) is 4.23. The summed E-state index contributed by atoms with van der Waals surface area (Å²) in [4.78, 5) is 16.2. The monoisotopic (exact) mass is 502 g/mol. The zero-order chi connectivity index (χ0) is 19.7. The highest BCUT2D eigenvalue weighted by Crippen LogP contribution is 2.19. The minimum Gasteiger partial charge on any atom is -0.383 e. The van der Waals surface area contributed by atoms with Crippen molar-refractivity contribution in [1.82, 2.24) is 25.0 Å². The van der Waals surface area contributed by atoms with Gasteiger partial charge in [0.2, 0.25) is 5.56 Å². The first-order chi connectivity index (χ1) is 12.9. The van der Waals surface area contributed by atoms with Crippen molar-refractivity contribution >= 4 is 29.9 Å². The number of unbranched alkanes of at least 4 members (excludes halogenated alkanes) is 1. The van der Waals surface area contributed by atoms with E-state index < -0.39 is 5.60 Å². The van der Waals surface area contributed by atoms with E-state index >= 15 is 0 Å². The van der Waals surface area contributed by atoms with Crippen LogP contribution >= 0.6 is 24.0 Å². The molecule has 0 amide bonds. The van der Waals surface area contributed by atoms with Crippen LogP contribution in [0.2, 0.25) is 0 Å². The third kappa shape index (κ3) is 7.63. The summed E-state index contributed by atoms with van der Waals surface area (Å²) in [7, 11) is 1.82. The zero-order valence-electron chi connectivity index (χ0n) is 16.8. The number of aliphatic hydroxyl groups is 1. The molecule has 0 aliphatic heterocycles. The van der Waals surface area contributed by atoms with Gasteiger partial charge in [-0.2, -0.15) is 5.10 Å². The summed E-state index contributed by atoms with van der Waals surface area (Å²) < 4.78 is 3.37. The molecule has 2 rings (SSSR count). The fraction of sp³-hybridized carbons (Fsp3) is 0.526. The molecule has 2 aromatic heterocycles. The standard InChI is InChI=1S/C19H30N6O2.HI/c1-4-20-18(22-15-19(2,27)16-13-23-24(3)14-16)21-10-6-8-12-25-11-7-5-9-17(25)26;/h5,7,9,11,13-14,27H,4,6,8,10,12,15H2,1-3H3,(H2,20,21,22);1H. The first-order valence-corrected chi connectivity index (χ1v) is 9.31. The zero-order valence-corrected chi connectivity index (χ0v) is 19.1. The molecule has 0 aliphatic carbocycles. The number of nitrogens with zero attached hydrogens (tertiary/aromatic N) is 4. The molecule has 0 bridgehead atoms. The fourth-order valence-electron chi connectivity index (χ4n) is 2.62. The molecule has 1 unspecified atom stereocenters. The predicted octanol–water partition coefficient (Wildman–Crippen LogP) is 1.44. The van der Waals surface area contributed by atoms with Gasteiger partial charge in [-0.25, -0.2) is 4.99 Å². The number of nitrogens with one attached hydrogen (secondary N) is 2. The lowest BCUT2D eigenvalue weighted by atomic mass is 10.0. The summed E-state index contributed by atoms with van der Waals surface area (Å²) in [6, 6.07) is 5.19. The molecule has 0 radical (unpaired) electrons. The Labute approximate surface area is 183 Å². The summed E-state index contributed by atoms with van der Waals surface area (Å²) in [5, 5.41) is 21.2. The Morgan fingerprint density at radius 1 is 1.32 bits per heavy atom. The van der Waals surface area contributed by atoms with E-state index in [0.717, 1.165) is 31.5 Å². The van der Waals surface area contributed by atoms with E-state index in [2.05, 4.69) is 20.7 Å². The minimum atomic E-state index is -1.08. The van der Waals surface area contributed by atoms with Crippen molar-refractivity contribution in [3.05, 3.63) is 52.7 Å². The number of aromatic nitrogens is 3. The molecule has 0 saturated carbocycles. The molecular weight excluding hydrogens is 471 g/mol. The van der Waals surface area contributed by atoms with Gasteiger partial charge in [0, 0.05) is 50.7 Å². The molecule has 2 aromatic rings. The van der Waals surface area contributed by atoms with E-state index in [1.165, 1.54) is 0 Å². The lowest BCUT2D eigenvalue weighted by Gasteiger charge is -2.20. The van der Waals surface area contributed by atoms with Crippen LogP contribution < -0.4 is 16.2 Å². The number of aryl methyl sites for hydroxylation is 2. The number of hydrogen-bond acceptors (Lipinski definition) is 4. The van der Waals surface area contributed by atoms with Gasteiger partial charge in [-0.1, -0.05) is 6.07 Å². The van der Waals surface area contributed by atoms with Gasteiger partial charge in [0.15, 0.2) is 5.96 Å². The summed E-state index contributed by atoms with van der Waals surface area (Å²) in [6.45, 7) is 6.13. The highest BCUT2D eigenvalue weighted by atomic mass is 127. The van der Waals surface area contributed by atoms with Crippen LogP contribution in [0, 0.1) is 0 Å². The van der Waals surface area contributed by atoms with Crippen molar-refractivity contribution in [3.8, 4) is 0 Å². The number of guanidine groups is 1. The average Bonchev–Trinajstić information content (AvgIpc) is 3.08. The van der Waals surface area contributed by atoms with Gasteiger partial charge in [0.1, 0.15) is 5.60 Å². The quantitative estimate of drug-likeness (QED) is 0.209. The van der Waals surface area contributed by atoms with E-state index in [1.54, 1.807) is 40.7 Å². The summed E-state index contributed by atoms with van der Waals surface area (Å²) >= 11 is 0. The molecule has 0 saturated heterocycles. The number of hydrogen-bond donors (Lipinski definition) is 3. The van der Waals surface area contributed by atoms with Gasteiger partial charge in [-0.3, -0.25) is 9.48 Å². The largest absolute Gasteiger partial charge is 0.383 e. The first-order valence-electron chi connectivity index (χ1n) is 9.31. The maximum Gasteiger partial charge on any atom is 0.250 e. The molecule has 28 heavy (non-hydrogen) atoms. The van der Waals surface area contributed by atoms with E-state index in [9.17, 15) is 9.90 Å². The molecule has 0 spiro atoms. The normalized spacial score (nSPS) is 13.5. The molecule has 3 N–H and O–H groups in total. The second-order valence-corrected chi connectivity index (χ2v) is 6.74. The number of aliphatic imine (C=N–C) groups is 1. The molecule has 0 aromatic carbocycles. The van der Waals surface area contributed by atoms with Crippen molar-refractivity contribution in [1.29, 1.82) is 0 Å². The third-order valence-corrected chi connectivity index (χ3v) is 4.23. The van der Waals surface area contributed by atoms with Crippen molar-refractivity contribution < 1.29 is 5.11 Å². The second kappa shape index (κ2) is 11.8. The van der Waals surface area contributed by atoms with Gasteiger partial charge in [0.25, 0.3) is 0 Å². The highest BCUT2D eigenvalue weighted by molar-refractivity contribution is 14.0. The molecular formula is C19H31IN6O2. The van der Waals surface area contributed by atoms with Gasteiger partial charge in [0.05, 0.1) is 12.7 Å². The second-order valence-electron chi connectivity index (χ2n) is 6.74. The van der Waals surface area contributed by atoms with E-state index in [0.29, 0.717) is 12.5 Å². The van der Waals surface area contributed by atoms with Gasteiger partial charge in [-0.05, 0) is 32.8 Å². The Kier molecular flexibility index (Phi) is 10.2. The minimum absolute atomic E-state index is 0. The number of halogens is 1. The van der Waals surface area contributed by atoms with Gasteiger partial charge < -0.3 is 20.3 Å². The number of rotatable bonds is 9. The lowest BCUT2D eigenvalue weighted by molar-refractivity contribution is 0.0672. The van der Waals surface area contributed by atoms with Crippen molar-refractivity contribution in [2.24, 2.45) is 12.0 Å². The SMILES string of the molecule is CCNC(=NCC(C)(O)c1cnn(C)c1)NCCCCn1ccccc1=O.I. The van der Waals surface area contributed by atoms with Gasteiger partial charge in [-0.15, -0.1) is 24.0 Å². The highest BCUT2D eigenvalue weighted by Gasteiger charge is 2.24. The molecule has 8 nitrogen and oxygen atoms in total. The molecule has 1 atom stereocenters. The van der Waals surface area contributed by atoms with E-state index in [-0.39, 0.29) is 36.1 Å². The molecule has 2 heterocycles. The van der Waals surface area contributed by atoms with E-state index in [1.807, 2.05) is 26.2 Å². The maximum absolute atomic E-state index is 11.7. The van der Waals surface area contributed by atoms with Crippen LogP contribution in [0.5, 0.6) is 0 Å². The summed E-state index contributed by atoms with van der Waals surface area (Å²) in [5.41, 5.74) is -0.318. The molecule has 156 valence electrons. The van der Waals surface area contributed by atoms with Crippen molar-refractivity contribution in [3.63, 3.8) is 0 Å². The Hall–Kier alpha value is -1.88. The van der Waals surface area contributed by atoms with Crippen LogP contribution in [0.25, 0.3) is 0 Å². The van der Waals surface area contributed by atoms with Crippen molar-refractivity contribution in [2.45, 2.75) is 38.8 Å². The Bertz CT molecular complexity index is 799. The Morgan fingerprint density at radius 3 is 2.75 bits per heavy atom. The first kappa shape index (κ1) is 24.2. The van der Waals surface area contributed by atoms with Gasteiger partial charge >= 0.3 is 0 Å². The predicted molar refractivity (Wildman–Crippen MR) is 122 cm³/mol. The maximum atomic E-state index is 11.7. The van der Waals surface area contributed by atoms with Crippen molar-refractivity contribution in [2.75, 3.05) is 19.6 Å². The number of pyridine rings is 1. The average molecular weight is 502 g/mol. The Balaban J connectivity index is 0.00000392. The van der Waals surface area contributed by atoms with Crippen LogP contribution in [-0.2, 0) is 19.2 Å². The van der Waals surface area contributed by atoms with Crippen LogP contribution in [0.15, 0.2) is 46.6 Å². The molecule has 9 heteroatoms. The van der Waals surface area contributed by atoms with Crippen LogP contribution in [0.3, 0.4) is 0 Å².